The molecule has 0 heterocycles. The third-order valence-electron chi connectivity index (χ3n) is 4.65. The number of nitrogens with zero attached hydrogens (tertiary/aromatic N) is 2. The fraction of sp³-hybridized carbons (Fsp3) is 0.333. The number of hydrogen-bond donors (Lipinski definition) is 1. The van der Waals surface area contributed by atoms with E-state index in [9.17, 15) is 18.0 Å². The molecule has 2 aromatic carbocycles. The second-order valence-electron chi connectivity index (χ2n) is 7.02. The van der Waals surface area contributed by atoms with Gasteiger partial charge in [-0.2, -0.15) is 0 Å². The van der Waals surface area contributed by atoms with Crippen molar-refractivity contribution in [2.45, 2.75) is 26.4 Å². The number of halogens is 1. The SMILES string of the molecule is CNC(=O)[C@H](C)N(Cc1cccc(C)c1)C(=O)CN(c1ccccc1Cl)S(C)(=O)=O. The van der Waals surface area contributed by atoms with Crippen LogP contribution in [-0.2, 0) is 26.2 Å². The van der Waals surface area contributed by atoms with E-state index in [-0.39, 0.29) is 23.2 Å². The fourth-order valence-electron chi connectivity index (χ4n) is 3.05. The van der Waals surface area contributed by atoms with Gasteiger partial charge in [0, 0.05) is 13.6 Å². The van der Waals surface area contributed by atoms with Crippen LogP contribution in [0.5, 0.6) is 0 Å². The van der Waals surface area contributed by atoms with Gasteiger partial charge in [-0.15, -0.1) is 0 Å². The van der Waals surface area contributed by atoms with E-state index in [1.807, 2.05) is 31.2 Å². The van der Waals surface area contributed by atoms with Crippen LogP contribution in [0.1, 0.15) is 18.1 Å². The van der Waals surface area contributed by atoms with Crippen molar-refractivity contribution in [3.05, 3.63) is 64.7 Å². The molecule has 30 heavy (non-hydrogen) atoms. The second kappa shape index (κ2) is 9.95. The van der Waals surface area contributed by atoms with Crippen LogP contribution in [0, 0.1) is 6.92 Å². The van der Waals surface area contributed by atoms with Crippen molar-refractivity contribution in [1.29, 1.82) is 0 Å². The van der Waals surface area contributed by atoms with Crippen LogP contribution in [0.2, 0.25) is 5.02 Å². The highest BCUT2D eigenvalue weighted by atomic mass is 35.5. The number of rotatable bonds is 8. The molecular formula is C21H26ClN3O4S. The van der Waals surface area contributed by atoms with Gasteiger partial charge in [-0.1, -0.05) is 53.6 Å². The summed E-state index contributed by atoms with van der Waals surface area (Å²) >= 11 is 6.18. The summed E-state index contributed by atoms with van der Waals surface area (Å²) in [5.41, 5.74) is 2.06. The van der Waals surface area contributed by atoms with E-state index in [1.165, 1.54) is 18.0 Å². The van der Waals surface area contributed by atoms with Crippen molar-refractivity contribution >= 4 is 39.1 Å². The maximum Gasteiger partial charge on any atom is 0.244 e. The van der Waals surface area contributed by atoms with Gasteiger partial charge in [0.15, 0.2) is 0 Å². The van der Waals surface area contributed by atoms with E-state index in [0.29, 0.717) is 0 Å². The van der Waals surface area contributed by atoms with Gasteiger partial charge in [0.1, 0.15) is 12.6 Å². The zero-order chi connectivity index (χ0) is 22.5. The molecule has 0 aliphatic heterocycles. The van der Waals surface area contributed by atoms with Crippen molar-refractivity contribution < 1.29 is 18.0 Å². The van der Waals surface area contributed by atoms with Crippen LogP contribution < -0.4 is 9.62 Å². The molecule has 0 aliphatic rings. The van der Waals surface area contributed by atoms with Gasteiger partial charge in [0.25, 0.3) is 0 Å². The average Bonchev–Trinajstić information content (AvgIpc) is 2.69. The van der Waals surface area contributed by atoms with E-state index < -0.39 is 28.5 Å². The van der Waals surface area contributed by atoms with Gasteiger partial charge in [-0.25, -0.2) is 8.42 Å². The first-order valence-electron chi connectivity index (χ1n) is 9.33. The molecule has 0 aromatic heterocycles. The Balaban J connectivity index is 2.40. The minimum Gasteiger partial charge on any atom is -0.357 e. The maximum absolute atomic E-state index is 13.2. The molecule has 2 aromatic rings. The van der Waals surface area contributed by atoms with Gasteiger partial charge in [-0.3, -0.25) is 13.9 Å². The summed E-state index contributed by atoms with van der Waals surface area (Å²) in [7, 11) is -2.31. The zero-order valence-electron chi connectivity index (χ0n) is 17.4. The number of likely N-dealkylation sites (N-methyl/N-ethyl adjacent to an activating group) is 1. The van der Waals surface area contributed by atoms with E-state index in [4.69, 9.17) is 11.6 Å². The van der Waals surface area contributed by atoms with Crippen LogP contribution in [0.25, 0.3) is 0 Å². The number of anilines is 1. The van der Waals surface area contributed by atoms with Gasteiger partial charge < -0.3 is 10.2 Å². The summed E-state index contributed by atoms with van der Waals surface area (Å²) in [6.45, 7) is 3.22. The molecule has 0 aliphatic carbocycles. The number of carbonyl (C=O) groups excluding carboxylic acids is 2. The fourth-order valence-corrected chi connectivity index (χ4v) is 4.20. The second-order valence-corrected chi connectivity index (χ2v) is 9.34. The Hall–Kier alpha value is -2.58. The molecule has 0 radical (unpaired) electrons. The van der Waals surface area contributed by atoms with Gasteiger partial charge >= 0.3 is 0 Å². The summed E-state index contributed by atoms with van der Waals surface area (Å²) in [6, 6.07) is 13.2. The predicted octanol–water partition coefficient (Wildman–Crippen LogP) is 2.58. The summed E-state index contributed by atoms with van der Waals surface area (Å²) in [5.74, 6) is -0.863. The topological polar surface area (TPSA) is 86.8 Å². The highest BCUT2D eigenvalue weighted by molar-refractivity contribution is 7.92. The minimum atomic E-state index is -3.80. The average molecular weight is 452 g/mol. The molecule has 0 saturated heterocycles. The van der Waals surface area contributed by atoms with Crippen LogP contribution in [0.3, 0.4) is 0 Å². The Labute approximate surface area is 182 Å². The number of amides is 2. The van der Waals surface area contributed by atoms with Gasteiger partial charge in [-0.05, 0) is 31.5 Å². The zero-order valence-corrected chi connectivity index (χ0v) is 19.0. The first-order chi connectivity index (χ1) is 14.0. The summed E-state index contributed by atoms with van der Waals surface area (Å²) in [5, 5.41) is 2.74. The maximum atomic E-state index is 13.2. The lowest BCUT2D eigenvalue weighted by Crippen LogP contribution is -2.50. The summed E-state index contributed by atoms with van der Waals surface area (Å²) in [6.07, 6.45) is 1.01. The quantitative estimate of drug-likeness (QED) is 0.668. The molecule has 9 heteroatoms. The molecule has 0 bridgehead atoms. The Bertz CT molecular complexity index is 1030. The lowest BCUT2D eigenvalue weighted by Gasteiger charge is -2.31. The predicted molar refractivity (Wildman–Crippen MR) is 119 cm³/mol. The Morgan fingerprint density at radius 2 is 1.80 bits per heavy atom. The standard InChI is InChI=1S/C21H26ClN3O4S/c1-15-8-7-9-17(12-15)13-24(16(2)21(27)23-3)20(26)14-25(30(4,28)29)19-11-6-5-10-18(19)22/h5-12,16H,13-14H2,1-4H3,(H,23,27)/t16-/m0/s1. The van der Waals surface area contributed by atoms with E-state index in [0.717, 1.165) is 21.7 Å². The van der Waals surface area contributed by atoms with Crippen molar-refractivity contribution in [3.63, 3.8) is 0 Å². The lowest BCUT2D eigenvalue weighted by molar-refractivity contribution is -0.139. The highest BCUT2D eigenvalue weighted by Gasteiger charge is 2.30. The molecule has 2 rings (SSSR count). The van der Waals surface area contributed by atoms with Crippen LogP contribution in [-0.4, -0.2) is 51.0 Å². The number of carbonyl (C=O) groups is 2. The number of sulfonamides is 1. The molecule has 2 amide bonds. The molecule has 0 fully saturated rings. The van der Waals surface area contributed by atoms with E-state index in [1.54, 1.807) is 25.1 Å². The third kappa shape index (κ3) is 5.96. The summed E-state index contributed by atoms with van der Waals surface area (Å²) < 4.78 is 25.8. The molecule has 0 spiro atoms. The molecular weight excluding hydrogens is 426 g/mol. The van der Waals surface area contributed by atoms with Crippen LogP contribution in [0.15, 0.2) is 48.5 Å². The molecule has 0 saturated carbocycles. The number of para-hydroxylation sites is 1. The monoisotopic (exact) mass is 451 g/mol. The number of benzene rings is 2. The van der Waals surface area contributed by atoms with Crippen LogP contribution in [0.4, 0.5) is 5.69 Å². The Morgan fingerprint density at radius 3 is 2.37 bits per heavy atom. The smallest absolute Gasteiger partial charge is 0.244 e. The van der Waals surface area contributed by atoms with Gasteiger partial charge in [0.2, 0.25) is 21.8 Å². The minimum absolute atomic E-state index is 0.162. The normalized spacial score (nSPS) is 12.2. The molecule has 1 atom stereocenters. The van der Waals surface area contributed by atoms with Gasteiger partial charge in [0.05, 0.1) is 17.0 Å². The van der Waals surface area contributed by atoms with Crippen LogP contribution >= 0.6 is 11.6 Å². The highest BCUT2D eigenvalue weighted by Crippen LogP contribution is 2.27. The number of aryl methyl sites for hydroxylation is 1. The molecule has 0 unspecified atom stereocenters. The van der Waals surface area contributed by atoms with Crippen molar-refractivity contribution in [1.82, 2.24) is 10.2 Å². The molecule has 1 N–H and O–H groups in total. The lowest BCUT2D eigenvalue weighted by atomic mass is 10.1. The Morgan fingerprint density at radius 1 is 1.13 bits per heavy atom. The first-order valence-corrected chi connectivity index (χ1v) is 11.6. The largest absolute Gasteiger partial charge is 0.357 e. The van der Waals surface area contributed by atoms with Crippen molar-refractivity contribution in [2.24, 2.45) is 0 Å². The number of nitrogens with one attached hydrogen (secondary N) is 1. The summed E-state index contributed by atoms with van der Waals surface area (Å²) in [4.78, 5) is 26.9. The molecule has 7 nitrogen and oxygen atoms in total. The van der Waals surface area contributed by atoms with Crippen molar-refractivity contribution in [2.75, 3.05) is 24.2 Å². The van der Waals surface area contributed by atoms with E-state index in [2.05, 4.69) is 5.32 Å². The van der Waals surface area contributed by atoms with E-state index >= 15 is 0 Å². The molecule has 162 valence electrons. The Kier molecular flexibility index (Phi) is 7.86. The first kappa shape index (κ1) is 23.7. The van der Waals surface area contributed by atoms with Crippen molar-refractivity contribution in [3.8, 4) is 0 Å². The number of hydrogen-bond acceptors (Lipinski definition) is 4. The third-order valence-corrected chi connectivity index (χ3v) is 6.10.